The molecule has 1 amide bonds. The molecule has 3 N–H and O–H groups in total. The van der Waals surface area contributed by atoms with E-state index >= 15 is 0 Å². The molecule has 0 aliphatic carbocycles. The van der Waals surface area contributed by atoms with Crippen molar-refractivity contribution in [3.63, 3.8) is 0 Å². The minimum Gasteiger partial charge on any atom is -0.349 e. The number of benzene rings is 1. The van der Waals surface area contributed by atoms with Gasteiger partial charge in [-0.15, -0.1) is 11.3 Å². The van der Waals surface area contributed by atoms with Crippen LogP contribution in [0.15, 0.2) is 41.8 Å². The van der Waals surface area contributed by atoms with Gasteiger partial charge < -0.3 is 10.6 Å². The molecular weight excluding hydrogens is 328 g/mol. The largest absolute Gasteiger partial charge is 0.349 e. The Morgan fingerprint density at radius 1 is 1.08 bits per heavy atom. The van der Waals surface area contributed by atoms with Crippen LogP contribution in [-0.4, -0.2) is 18.0 Å². The molecule has 0 saturated carbocycles. The molecule has 0 radical (unpaired) electrons. The van der Waals surface area contributed by atoms with E-state index in [1.165, 1.54) is 16.0 Å². The highest BCUT2D eigenvalue weighted by Gasteiger charge is 2.25. The Kier molecular flexibility index (Phi) is 7.21. The monoisotopic (exact) mass is 359 g/mol. The van der Waals surface area contributed by atoms with Gasteiger partial charge in [0.25, 0.3) is 5.91 Å². The summed E-state index contributed by atoms with van der Waals surface area (Å²) in [6.07, 6.45) is 1.15. The fourth-order valence-electron chi connectivity index (χ4n) is 2.90. The lowest BCUT2D eigenvalue weighted by atomic mass is 9.95. The zero-order valence-corrected chi connectivity index (χ0v) is 16.8. The third-order valence-corrected chi connectivity index (χ3v) is 5.61. The van der Waals surface area contributed by atoms with Crippen molar-refractivity contribution in [1.29, 1.82) is 0 Å². The highest BCUT2D eigenvalue weighted by molar-refractivity contribution is 7.10. The zero-order chi connectivity index (χ0) is 18.4. The molecule has 0 unspecified atom stereocenters. The average molecular weight is 360 g/mol. The third-order valence-electron chi connectivity index (χ3n) is 4.65. The van der Waals surface area contributed by atoms with E-state index in [9.17, 15) is 4.79 Å². The Bertz CT molecular complexity index is 649. The molecule has 0 aliphatic rings. The molecule has 2 aromatic rings. The van der Waals surface area contributed by atoms with E-state index in [1.54, 1.807) is 11.3 Å². The summed E-state index contributed by atoms with van der Waals surface area (Å²) >= 11 is 1.75. The second kappa shape index (κ2) is 9.16. The van der Waals surface area contributed by atoms with Crippen molar-refractivity contribution in [2.24, 2.45) is 0 Å². The standard InChI is InChI=1S/C21H30N2OS/c1-6-15(4)17-9-11-18(12-10-17)20(19-8-7-13-25-19)23-16(5)21(24)22-14(2)3/h7-16,20,23H,6H2,1-5H3,(H,22,24)/p+1/t15-,16+,20+/m1/s1. The number of carbonyl (C=O) groups excluding carboxylic acids is 1. The SMILES string of the molecule is CC[C@@H](C)c1ccc([C@H]([NH2+][C@@H](C)C(=O)NC(C)C)c2cccs2)cc1. The van der Waals surface area contributed by atoms with Gasteiger partial charge in [0.1, 0.15) is 6.04 Å². The molecule has 25 heavy (non-hydrogen) atoms. The predicted octanol–water partition coefficient (Wildman–Crippen LogP) is 3.83. The Balaban J connectivity index is 2.21. The van der Waals surface area contributed by atoms with Gasteiger partial charge in [-0.2, -0.15) is 0 Å². The van der Waals surface area contributed by atoms with Crippen LogP contribution in [0, 0.1) is 0 Å². The van der Waals surface area contributed by atoms with Crippen LogP contribution in [0.4, 0.5) is 0 Å². The predicted molar refractivity (Wildman–Crippen MR) is 106 cm³/mol. The van der Waals surface area contributed by atoms with Gasteiger partial charge in [-0.05, 0) is 50.1 Å². The maximum absolute atomic E-state index is 12.3. The van der Waals surface area contributed by atoms with Gasteiger partial charge in [-0.25, -0.2) is 0 Å². The van der Waals surface area contributed by atoms with Crippen LogP contribution in [0.5, 0.6) is 0 Å². The number of hydrogen-bond acceptors (Lipinski definition) is 2. The molecule has 3 nitrogen and oxygen atoms in total. The molecule has 2 rings (SSSR count). The number of nitrogens with two attached hydrogens (primary N) is 1. The van der Waals surface area contributed by atoms with Gasteiger partial charge in [0.05, 0.1) is 4.88 Å². The lowest BCUT2D eigenvalue weighted by Crippen LogP contribution is -2.92. The fourth-order valence-corrected chi connectivity index (χ4v) is 3.73. The van der Waals surface area contributed by atoms with Gasteiger partial charge in [-0.3, -0.25) is 4.79 Å². The van der Waals surface area contributed by atoms with E-state index in [1.807, 2.05) is 20.8 Å². The number of rotatable bonds is 8. The van der Waals surface area contributed by atoms with E-state index in [4.69, 9.17) is 0 Å². The first kappa shape index (κ1) is 19.7. The second-order valence-corrected chi connectivity index (χ2v) is 8.09. The minimum atomic E-state index is -0.135. The first-order valence-electron chi connectivity index (χ1n) is 9.21. The molecule has 4 heteroatoms. The number of quaternary nitrogens is 1. The summed E-state index contributed by atoms with van der Waals surface area (Å²) in [6.45, 7) is 10.4. The summed E-state index contributed by atoms with van der Waals surface area (Å²) < 4.78 is 0. The molecule has 0 saturated heterocycles. The van der Waals surface area contributed by atoms with E-state index in [0.29, 0.717) is 5.92 Å². The third kappa shape index (κ3) is 5.41. The van der Waals surface area contributed by atoms with Crippen LogP contribution >= 0.6 is 11.3 Å². The van der Waals surface area contributed by atoms with Crippen molar-refractivity contribution < 1.29 is 10.1 Å². The summed E-state index contributed by atoms with van der Waals surface area (Å²) in [5, 5.41) is 7.28. The molecule has 0 fully saturated rings. The Morgan fingerprint density at radius 2 is 1.72 bits per heavy atom. The van der Waals surface area contributed by atoms with Gasteiger partial charge in [0.15, 0.2) is 6.04 Å². The van der Waals surface area contributed by atoms with Gasteiger partial charge in [0.2, 0.25) is 0 Å². The highest BCUT2D eigenvalue weighted by atomic mass is 32.1. The maximum atomic E-state index is 12.3. The topological polar surface area (TPSA) is 45.7 Å². The second-order valence-electron chi connectivity index (χ2n) is 7.11. The fraction of sp³-hybridized carbons (Fsp3) is 0.476. The van der Waals surface area contributed by atoms with Gasteiger partial charge in [-0.1, -0.05) is 44.2 Å². The summed E-state index contributed by atoms with van der Waals surface area (Å²) in [4.78, 5) is 13.6. The van der Waals surface area contributed by atoms with Crippen molar-refractivity contribution in [2.45, 2.75) is 65.1 Å². The number of nitrogens with one attached hydrogen (secondary N) is 1. The molecule has 0 spiro atoms. The minimum absolute atomic E-state index is 0.0905. The van der Waals surface area contributed by atoms with E-state index < -0.39 is 0 Å². The molecule has 0 aliphatic heterocycles. The van der Waals surface area contributed by atoms with Gasteiger partial charge in [0, 0.05) is 11.6 Å². The van der Waals surface area contributed by atoms with E-state index in [0.717, 1.165) is 6.42 Å². The smallest absolute Gasteiger partial charge is 0.278 e. The van der Waals surface area contributed by atoms with Crippen molar-refractivity contribution in [1.82, 2.24) is 5.32 Å². The number of hydrogen-bond donors (Lipinski definition) is 2. The maximum Gasteiger partial charge on any atom is 0.278 e. The molecule has 0 bridgehead atoms. The Hall–Kier alpha value is -1.65. The molecule has 1 heterocycles. The summed E-state index contributed by atoms with van der Waals surface area (Å²) in [6, 6.07) is 13.3. The summed E-state index contributed by atoms with van der Waals surface area (Å²) in [5.41, 5.74) is 2.63. The Morgan fingerprint density at radius 3 is 2.24 bits per heavy atom. The van der Waals surface area contributed by atoms with Crippen molar-refractivity contribution >= 4 is 17.2 Å². The van der Waals surface area contributed by atoms with E-state index in [-0.39, 0.29) is 24.0 Å². The first-order valence-corrected chi connectivity index (χ1v) is 10.1. The molecule has 1 aromatic carbocycles. The number of thiophene rings is 1. The Labute approximate surface area is 155 Å². The van der Waals surface area contributed by atoms with Crippen LogP contribution in [0.3, 0.4) is 0 Å². The van der Waals surface area contributed by atoms with Crippen LogP contribution in [-0.2, 0) is 4.79 Å². The molecular formula is C21H31N2OS+. The highest BCUT2D eigenvalue weighted by Crippen LogP contribution is 2.25. The molecule has 3 atom stereocenters. The van der Waals surface area contributed by atoms with Crippen LogP contribution in [0.2, 0.25) is 0 Å². The van der Waals surface area contributed by atoms with Gasteiger partial charge >= 0.3 is 0 Å². The summed E-state index contributed by atoms with van der Waals surface area (Å²) in [7, 11) is 0. The van der Waals surface area contributed by atoms with Crippen molar-refractivity contribution in [3.8, 4) is 0 Å². The quantitative estimate of drug-likeness (QED) is 0.739. The lowest BCUT2D eigenvalue weighted by Gasteiger charge is -2.21. The lowest BCUT2D eigenvalue weighted by molar-refractivity contribution is -0.704. The first-order chi connectivity index (χ1) is 11.9. The van der Waals surface area contributed by atoms with Crippen molar-refractivity contribution in [3.05, 3.63) is 57.8 Å². The van der Waals surface area contributed by atoms with Crippen molar-refractivity contribution in [2.75, 3.05) is 0 Å². The molecule has 1 aromatic heterocycles. The molecule has 136 valence electrons. The zero-order valence-electron chi connectivity index (χ0n) is 16.0. The average Bonchev–Trinajstić information content (AvgIpc) is 3.12. The number of amides is 1. The van der Waals surface area contributed by atoms with Crippen LogP contribution in [0.25, 0.3) is 0 Å². The summed E-state index contributed by atoms with van der Waals surface area (Å²) in [5.74, 6) is 0.668. The normalized spacial score (nSPS) is 15.0. The van der Waals surface area contributed by atoms with Crippen LogP contribution in [0.1, 0.15) is 69.0 Å². The van der Waals surface area contributed by atoms with Crippen LogP contribution < -0.4 is 10.6 Å². The van der Waals surface area contributed by atoms with E-state index in [2.05, 4.69) is 66.3 Å². The number of carbonyl (C=O) groups is 1.